The maximum Gasteiger partial charge on any atom is 0.331 e. The molecule has 0 bridgehead atoms. The lowest BCUT2D eigenvalue weighted by atomic mass is 10.3. The number of aromatic amines is 1. The minimum absolute atomic E-state index is 0.149. The molecule has 7 nitrogen and oxygen atoms in total. The van der Waals surface area contributed by atoms with Crippen molar-refractivity contribution in [1.29, 1.82) is 0 Å². The van der Waals surface area contributed by atoms with Crippen LogP contribution in [0.1, 0.15) is 11.1 Å². The molecule has 3 atom stereocenters. The highest BCUT2D eigenvalue weighted by Crippen LogP contribution is 2.38. The number of hydrogen-bond acceptors (Lipinski definition) is 6. The predicted molar refractivity (Wildman–Crippen MR) is 65.5 cm³/mol. The van der Waals surface area contributed by atoms with E-state index in [1.807, 2.05) is 0 Å². The van der Waals surface area contributed by atoms with E-state index in [2.05, 4.69) is 4.98 Å². The van der Waals surface area contributed by atoms with Gasteiger partial charge in [-0.15, -0.1) is 0 Å². The maximum atomic E-state index is 11.7. The minimum atomic E-state index is -0.651. The summed E-state index contributed by atoms with van der Waals surface area (Å²) in [6, 6.07) is 0. The van der Waals surface area contributed by atoms with Gasteiger partial charge in [0.15, 0.2) is 5.56 Å². The van der Waals surface area contributed by atoms with E-state index >= 15 is 0 Å². The molecule has 3 N–H and O–H groups in total. The summed E-state index contributed by atoms with van der Waals surface area (Å²) in [5.74, 6) is 0. The molecule has 2 rings (SSSR count). The number of aliphatic hydroxyl groups excluding tert-OH is 2. The topological polar surface area (TPSA) is 105 Å². The van der Waals surface area contributed by atoms with Gasteiger partial charge in [0.2, 0.25) is 0 Å². The van der Waals surface area contributed by atoms with Crippen LogP contribution in [0, 0.1) is 6.92 Å². The average Bonchev–Trinajstić information content (AvgIpc) is 2.76. The van der Waals surface area contributed by atoms with Gasteiger partial charge in [-0.3, -0.25) is 14.3 Å². The molecule has 1 aromatic heterocycles. The largest absolute Gasteiger partial charge is 0.395 e. The summed E-state index contributed by atoms with van der Waals surface area (Å²) in [5, 5.41) is 18.0. The highest BCUT2D eigenvalue weighted by atomic mass is 32.2. The smallest absolute Gasteiger partial charge is 0.331 e. The van der Waals surface area contributed by atoms with Crippen molar-refractivity contribution in [3.63, 3.8) is 0 Å². The van der Waals surface area contributed by atoms with Gasteiger partial charge in [-0.1, -0.05) is 11.8 Å². The van der Waals surface area contributed by atoms with Crippen LogP contribution in [0.2, 0.25) is 0 Å². The first-order chi connectivity index (χ1) is 8.56. The van der Waals surface area contributed by atoms with Crippen molar-refractivity contribution in [3.8, 4) is 0 Å². The van der Waals surface area contributed by atoms with Gasteiger partial charge in [-0.2, -0.15) is 0 Å². The third-order valence-corrected chi connectivity index (χ3v) is 4.10. The molecule has 1 aliphatic heterocycles. The van der Waals surface area contributed by atoms with E-state index in [0.717, 1.165) is 0 Å². The van der Waals surface area contributed by atoms with Crippen LogP contribution in [0.4, 0.5) is 0 Å². The van der Waals surface area contributed by atoms with Gasteiger partial charge in [-0.05, 0) is 6.92 Å². The van der Waals surface area contributed by atoms with Crippen LogP contribution in [0.5, 0.6) is 0 Å². The quantitative estimate of drug-likeness (QED) is 0.638. The number of aromatic nitrogens is 2. The van der Waals surface area contributed by atoms with Crippen LogP contribution in [0.15, 0.2) is 15.8 Å². The summed E-state index contributed by atoms with van der Waals surface area (Å²) in [6.45, 7) is 1.21. The highest BCUT2D eigenvalue weighted by Gasteiger charge is 2.36. The van der Waals surface area contributed by atoms with Crippen molar-refractivity contribution in [2.75, 3.05) is 13.2 Å². The molecule has 1 unspecified atom stereocenters. The van der Waals surface area contributed by atoms with E-state index in [1.54, 1.807) is 6.92 Å². The van der Waals surface area contributed by atoms with Crippen molar-refractivity contribution in [2.24, 2.45) is 0 Å². The molecule has 8 heteroatoms. The fourth-order valence-corrected chi connectivity index (χ4v) is 2.91. The molecule has 0 saturated carbocycles. The fourth-order valence-electron chi connectivity index (χ4n) is 1.70. The molecule has 0 aromatic carbocycles. The number of hydrogen-bond donors (Lipinski definition) is 3. The lowest BCUT2D eigenvalue weighted by Gasteiger charge is -2.13. The molecule has 1 aliphatic rings. The first-order valence-electron chi connectivity index (χ1n) is 5.41. The predicted octanol–water partition coefficient (Wildman–Crippen LogP) is -1.21. The molecule has 0 amide bonds. The van der Waals surface area contributed by atoms with E-state index in [9.17, 15) is 9.59 Å². The lowest BCUT2D eigenvalue weighted by molar-refractivity contribution is -0.0191. The van der Waals surface area contributed by atoms with Crippen molar-refractivity contribution >= 4 is 11.8 Å². The molecule has 2 heterocycles. The third kappa shape index (κ3) is 2.37. The molecular weight excluding hydrogens is 260 g/mol. The van der Waals surface area contributed by atoms with Crippen LogP contribution in [0.25, 0.3) is 0 Å². The summed E-state index contributed by atoms with van der Waals surface area (Å²) in [5.41, 5.74) is -1.26. The highest BCUT2D eigenvalue weighted by molar-refractivity contribution is 8.00. The minimum Gasteiger partial charge on any atom is -0.395 e. The number of rotatable bonds is 3. The third-order valence-electron chi connectivity index (χ3n) is 2.73. The van der Waals surface area contributed by atoms with Gasteiger partial charge in [-0.25, -0.2) is 4.79 Å². The molecule has 1 saturated heterocycles. The van der Waals surface area contributed by atoms with Crippen molar-refractivity contribution < 1.29 is 14.9 Å². The van der Waals surface area contributed by atoms with Gasteiger partial charge in [0, 0.05) is 11.8 Å². The zero-order valence-corrected chi connectivity index (χ0v) is 10.5. The van der Waals surface area contributed by atoms with Crippen LogP contribution < -0.4 is 11.2 Å². The first kappa shape index (κ1) is 13.3. The molecule has 100 valence electrons. The van der Waals surface area contributed by atoms with E-state index in [4.69, 9.17) is 14.9 Å². The van der Waals surface area contributed by atoms with Crippen LogP contribution >= 0.6 is 11.8 Å². The van der Waals surface area contributed by atoms with Gasteiger partial charge >= 0.3 is 5.69 Å². The summed E-state index contributed by atoms with van der Waals surface area (Å²) in [6.07, 6.45) is 0.886. The SMILES string of the molecule is Cc1cn(C2O[C@H](CO)[C@@H](CO)S2)c(=O)[nH]c1=O. The van der Waals surface area contributed by atoms with Gasteiger partial charge < -0.3 is 14.9 Å². The second kappa shape index (κ2) is 5.27. The standard InChI is InChI=1S/C10H14N2O5S/c1-5-2-12(9(16)11-8(5)15)10-17-6(3-13)7(4-14)18-10/h2,6-7,10,13-14H,3-4H2,1H3,(H,11,15,16)/t6-,7-,10?/m1/s1. The average molecular weight is 274 g/mol. The number of ether oxygens (including phenoxy) is 1. The molecule has 1 fully saturated rings. The Morgan fingerprint density at radius 3 is 2.72 bits per heavy atom. The molecule has 0 aliphatic carbocycles. The Balaban J connectivity index is 2.31. The second-order valence-corrected chi connectivity index (χ2v) is 5.28. The maximum absolute atomic E-state index is 11.7. The Labute approximate surface area is 106 Å². The zero-order valence-electron chi connectivity index (χ0n) is 9.70. The Bertz CT molecular complexity index is 528. The number of nitrogens with one attached hydrogen (secondary N) is 1. The number of thioether (sulfide) groups is 1. The van der Waals surface area contributed by atoms with E-state index in [1.165, 1.54) is 22.5 Å². The lowest BCUT2D eigenvalue weighted by Crippen LogP contribution is -2.33. The van der Waals surface area contributed by atoms with E-state index in [-0.39, 0.29) is 18.5 Å². The van der Waals surface area contributed by atoms with E-state index in [0.29, 0.717) is 5.56 Å². The Morgan fingerprint density at radius 2 is 2.17 bits per heavy atom. The van der Waals surface area contributed by atoms with Crippen molar-refractivity contribution in [2.45, 2.75) is 23.8 Å². The number of aliphatic hydroxyl groups is 2. The number of aryl methyl sites for hydroxylation is 1. The molecule has 1 aromatic rings. The summed E-state index contributed by atoms with van der Waals surface area (Å²) >= 11 is 1.23. The zero-order chi connectivity index (χ0) is 13.3. The van der Waals surface area contributed by atoms with Crippen LogP contribution in [-0.2, 0) is 4.74 Å². The Hall–Kier alpha value is -1.09. The Kier molecular flexibility index (Phi) is 3.91. The molecular formula is C10H14N2O5S. The molecule has 0 radical (unpaired) electrons. The number of H-pyrrole nitrogens is 1. The van der Waals surface area contributed by atoms with Crippen molar-refractivity contribution in [3.05, 3.63) is 32.6 Å². The van der Waals surface area contributed by atoms with Gasteiger partial charge in [0.1, 0.15) is 0 Å². The van der Waals surface area contributed by atoms with Gasteiger partial charge in [0.25, 0.3) is 5.56 Å². The fraction of sp³-hybridized carbons (Fsp3) is 0.600. The first-order valence-corrected chi connectivity index (χ1v) is 6.35. The summed E-state index contributed by atoms with van der Waals surface area (Å²) < 4.78 is 6.72. The van der Waals surface area contributed by atoms with E-state index < -0.39 is 22.9 Å². The molecule has 18 heavy (non-hydrogen) atoms. The monoisotopic (exact) mass is 274 g/mol. The summed E-state index contributed by atoms with van der Waals surface area (Å²) in [4.78, 5) is 25.1. The number of nitrogens with zero attached hydrogens (tertiary/aromatic N) is 1. The normalized spacial score (nSPS) is 27.6. The van der Waals surface area contributed by atoms with Crippen LogP contribution in [-0.4, -0.2) is 44.3 Å². The second-order valence-electron chi connectivity index (χ2n) is 4.00. The Morgan fingerprint density at radius 1 is 1.44 bits per heavy atom. The molecule has 0 spiro atoms. The van der Waals surface area contributed by atoms with Crippen molar-refractivity contribution in [1.82, 2.24) is 9.55 Å². The van der Waals surface area contributed by atoms with Crippen LogP contribution in [0.3, 0.4) is 0 Å². The van der Waals surface area contributed by atoms with Gasteiger partial charge in [0.05, 0.1) is 24.6 Å². The summed E-state index contributed by atoms with van der Waals surface area (Å²) in [7, 11) is 0.